The average molecular weight is 524 g/mol. The van der Waals surface area contributed by atoms with Crippen LogP contribution in [0.4, 0.5) is 33.6 Å². The van der Waals surface area contributed by atoms with E-state index >= 15 is 4.39 Å². The van der Waals surface area contributed by atoms with Gasteiger partial charge < -0.3 is 9.64 Å². The van der Waals surface area contributed by atoms with Crippen molar-refractivity contribution in [3.63, 3.8) is 0 Å². The van der Waals surface area contributed by atoms with E-state index in [-0.39, 0.29) is 51.2 Å². The number of aromatic nitrogens is 4. The lowest BCUT2D eigenvalue weighted by Crippen LogP contribution is -2.20. The number of nitrogens with zero attached hydrogens (tertiary/aromatic N) is 4. The van der Waals surface area contributed by atoms with Crippen molar-refractivity contribution in [3.8, 4) is 17.0 Å². The molecule has 1 aliphatic carbocycles. The second kappa shape index (κ2) is 9.20. The van der Waals surface area contributed by atoms with Crippen LogP contribution in [0, 0.1) is 17.6 Å². The molecule has 0 spiro atoms. The van der Waals surface area contributed by atoms with Crippen LogP contribution in [0.2, 0.25) is 5.02 Å². The molecule has 6 nitrogen and oxygen atoms in total. The molecule has 0 unspecified atom stereocenters. The molecule has 1 fully saturated rings. The van der Waals surface area contributed by atoms with Crippen LogP contribution >= 0.6 is 11.6 Å². The van der Waals surface area contributed by atoms with E-state index in [4.69, 9.17) is 16.3 Å². The smallest absolute Gasteiger partial charge is 0.416 e. The summed E-state index contributed by atoms with van der Waals surface area (Å²) in [5, 5.41) is 6.49. The maximum atomic E-state index is 15.2. The highest BCUT2D eigenvalue weighted by molar-refractivity contribution is 6.33. The molecule has 5 rings (SSSR count). The first kappa shape index (κ1) is 24.2. The fraction of sp³-hybridized carbons (Fsp3) is 0.292. The van der Waals surface area contributed by atoms with Gasteiger partial charge in [0.2, 0.25) is 5.95 Å². The predicted octanol–water partition coefficient (Wildman–Crippen LogP) is 6.92. The van der Waals surface area contributed by atoms with Crippen molar-refractivity contribution in [1.29, 1.82) is 0 Å². The molecule has 0 aliphatic heterocycles. The van der Waals surface area contributed by atoms with Gasteiger partial charge >= 0.3 is 6.18 Å². The van der Waals surface area contributed by atoms with Crippen molar-refractivity contribution in [1.82, 2.24) is 20.2 Å². The largest absolute Gasteiger partial charge is 0.492 e. The zero-order chi connectivity index (χ0) is 25.6. The standard InChI is InChI=1S/C24H19ClF5N5O/c1-2-35(17-7-5-13(9-14(17)25)24(28,29)30)23-32-16-10-31-34-21(16)22(33-23)19-18(36-11-12-3-4-12)8-6-15(26)20(19)27/h5-10,12H,2-4,11H2,1H3,(H,31,34). The average Bonchev–Trinajstić information content (AvgIpc) is 3.54. The highest BCUT2D eigenvalue weighted by Crippen LogP contribution is 2.41. The molecule has 1 N–H and O–H groups in total. The number of H-pyrrole nitrogens is 1. The summed E-state index contributed by atoms with van der Waals surface area (Å²) in [7, 11) is 0. The molecule has 12 heteroatoms. The summed E-state index contributed by atoms with van der Waals surface area (Å²) in [5.41, 5.74) is -0.369. The first-order chi connectivity index (χ1) is 17.2. The van der Waals surface area contributed by atoms with Crippen molar-refractivity contribution in [2.24, 2.45) is 5.92 Å². The molecule has 4 aromatic rings. The first-order valence-electron chi connectivity index (χ1n) is 11.1. The minimum atomic E-state index is -4.57. The number of benzene rings is 2. The topological polar surface area (TPSA) is 66.9 Å². The third-order valence-electron chi connectivity index (χ3n) is 5.88. The minimum absolute atomic E-state index is 0.00298. The number of nitrogens with one attached hydrogen (secondary N) is 1. The van der Waals surface area contributed by atoms with Gasteiger partial charge in [0, 0.05) is 6.54 Å². The molecular weight excluding hydrogens is 505 g/mol. The summed E-state index contributed by atoms with van der Waals surface area (Å²) in [6.07, 6.45) is -1.18. The van der Waals surface area contributed by atoms with Gasteiger partial charge in [-0.25, -0.2) is 18.7 Å². The normalized spacial score (nSPS) is 13.9. The lowest BCUT2D eigenvalue weighted by Gasteiger charge is -2.23. The van der Waals surface area contributed by atoms with Crippen LogP contribution in [-0.4, -0.2) is 33.3 Å². The van der Waals surface area contributed by atoms with Crippen LogP contribution in [0.3, 0.4) is 0 Å². The Balaban J connectivity index is 1.65. The Labute approximate surface area is 207 Å². The predicted molar refractivity (Wildman–Crippen MR) is 124 cm³/mol. The Bertz CT molecular complexity index is 1440. The van der Waals surface area contributed by atoms with E-state index in [1.54, 1.807) is 6.92 Å². The van der Waals surface area contributed by atoms with Gasteiger partial charge in [-0.2, -0.15) is 18.3 Å². The molecule has 0 saturated heterocycles. The Kier molecular flexibility index (Phi) is 6.19. The molecule has 1 aliphatic rings. The summed E-state index contributed by atoms with van der Waals surface area (Å²) >= 11 is 6.22. The number of anilines is 2. The number of ether oxygens (including phenoxy) is 1. The summed E-state index contributed by atoms with van der Waals surface area (Å²) in [4.78, 5) is 10.4. The SMILES string of the molecule is CCN(c1nc(-c2c(OCC3CC3)ccc(F)c2F)c2[nH]ncc2n1)c1ccc(C(F)(F)F)cc1Cl. The lowest BCUT2D eigenvalue weighted by atomic mass is 10.1. The maximum Gasteiger partial charge on any atom is 0.416 e. The summed E-state index contributed by atoms with van der Waals surface area (Å²) in [5.74, 6) is -1.76. The first-order valence-corrected chi connectivity index (χ1v) is 11.5. The number of aromatic amines is 1. The molecule has 1 saturated carbocycles. The van der Waals surface area contributed by atoms with Gasteiger partial charge in [0.05, 0.1) is 34.6 Å². The van der Waals surface area contributed by atoms with Crippen LogP contribution < -0.4 is 9.64 Å². The number of rotatable bonds is 7. The fourth-order valence-corrected chi connectivity index (χ4v) is 4.10. The van der Waals surface area contributed by atoms with Gasteiger partial charge in [0.1, 0.15) is 22.5 Å². The van der Waals surface area contributed by atoms with Crippen molar-refractivity contribution in [2.75, 3.05) is 18.1 Å². The minimum Gasteiger partial charge on any atom is -0.492 e. The number of halogens is 6. The third-order valence-corrected chi connectivity index (χ3v) is 6.18. The third kappa shape index (κ3) is 4.55. The monoisotopic (exact) mass is 523 g/mol. The zero-order valence-corrected chi connectivity index (χ0v) is 19.6. The number of hydrogen-bond acceptors (Lipinski definition) is 5. The molecule has 2 heterocycles. The molecule has 0 atom stereocenters. The highest BCUT2D eigenvalue weighted by atomic mass is 35.5. The van der Waals surface area contributed by atoms with E-state index in [0.29, 0.717) is 12.5 Å². The van der Waals surface area contributed by atoms with Gasteiger partial charge in [0.15, 0.2) is 11.6 Å². The second-order valence-electron chi connectivity index (χ2n) is 8.40. The molecule has 2 aromatic carbocycles. The summed E-state index contributed by atoms with van der Waals surface area (Å²) in [6.45, 7) is 2.29. The fourth-order valence-electron chi connectivity index (χ4n) is 3.82. The molecular formula is C24H19ClF5N5O. The summed E-state index contributed by atoms with van der Waals surface area (Å²) < 4.78 is 74.7. The van der Waals surface area contributed by atoms with Crippen molar-refractivity contribution >= 4 is 34.3 Å². The van der Waals surface area contributed by atoms with Gasteiger partial charge in [-0.15, -0.1) is 0 Å². The Morgan fingerprint density at radius 3 is 2.58 bits per heavy atom. The Hall–Kier alpha value is -3.47. The quantitative estimate of drug-likeness (QED) is 0.266. The molecule has 0 amide bonds. The second-order valence-corrected chi connectivity index (χ2v) is 8.81. The lowest BCUT2D eigenvalue weighted by molar-refractivity contribution is -0.137. The van der Waals surface area contributed by atoms with Crippen LogP contribution in [0.5, 0.6) is 5.75 Å². The molecule has 0 radical (unpaired) electrons. The van der Waals surface area contributed by atoms with Gasteiger partial charge in [-0.3, -0.25) is 5.10 Å². The Morgan fingerprint density at radius 2 is 1.92 bits per heavy atom. The number of fused-ring (bicyclic) bond motifs is 1. The molecule has 2 aromatic heterocycles. The van der Waals surface area contributed by atoms with Crippen molar-refractivity contribution in [3.05, 3.63) is 58.7 Å². The Morgan fingerprint density at radius 1 is 1.14 bits per heavy atom. The number of hydrogen-bond donors (Lipinski definition) is 1. The zero-order valence-electron chi connectivity index (χ0n) is 18.8. The van der Waals surface area contributed by atoms with Crippen LogP contribution in [0.1, 0.15) is 25.3 Å². The van der Waals surface area contributed by atoms with Crippen LogP contribution in [0.25, 0.3) is 22.3 Å². The van der Waals surface area contributed by atoms with Crippen molar-refractivity contribution < 1.29 is 26.7 Å². The highest BCUT2D eigenvalue weighted by Gasteiger charge is 2.32. The molecule has 0 bridgehead atoms. The number of alkyl halides is 3. The van der Waals surface area contributed by atoms with Crippen LogP contribution in [0.15, 0.2) is 36.5 Å². The van der Waals surface area contributed by atoms with Crippen LogP contribution in [-0.2, 0) is 6.18 Å². The van der Waals surface area contributed by atoms with E-state index in [9.17, 15) is 17.6 Å². The van der Waals surface area contributed by atoms with E-state index in [1.807, 2.05) is 0 Å². The van der Waals surface area contributed by atoms with Gasteiger partial charge in [-0.1, -0.05) is 11.6 Å². The van der Waals surface area contributed by atoms with E-state index in [0.717, 1.165) is 31.0 Å². The van der Waals surface area contributed by atoms with Gasteiger partial charge in [-0.05, 0) is 56.0 Å². The molecule has 188 valence electrons. The summed E-state index contributed by atoms with van der Waals surface area (Å²) in [6, 6.07) is 5.24. The maximum absolute atomic E-state index is 15.2. The van der Waals surface area contributed by atoms with E-state index in [1.165, 1.54) is 23.2 Å². The van der Waals surface area contributed by atoms with E-state index in [2.05, 4.69) is 20.2 Å². The molecule has 36 heavy (non-hydrogen) atoms. The van der Waals surface area contributed by atoms with Gasteiger partial charge in [0.25, 0.3) is 0 Å². The van der Waals surface area contributed by atoms with E-state index < -0.39 is 23.4 Å². The van der Waals surface area contributed by atoms with Crippen molar-refractivity contribution in [2.45, 2.75) is 25.9 Å².